The van der Waals surface area contributed by atoms with Crippen molar-refractivity contribution in [1.29, 1.82) is 0 Å². The van der Waals surface area contributed by atoms with Gasteiger partial charge in [-0.1, -0.05) is 0 Å². The van der Waals surface area contributed by atoms with Gasteiger partial charge in [0.15, 0.2) is 0 Å². The van der Waals surface area contributed by atoms with Crippen molar-refractivity contribution in [3.8, 4) is 0 Å². The fourth-order valence-corrected chi connectivity index (χ4v) is 0.680. The summed E-state index contributed by atoms with van der Waals surface area (Å²) in [5, 5.41) is 0. The number of rotatable bonds is 0. The molecule has 1 heterocycles. The zero-order valence-corrected chi connectivity index (χ0v) is 5.03. The lowest BCUT2D eigenvalue weighted by atomic mass is 11.0. The Morgan fingerprint density at radius 3 is 1.40 bits per heavy atom. The van der Waals surface area contributed by atoms with Crippen molar-refractivity contribution >= 4 is 18.5 Å². The van der Waals surface area contributed by atoms with E-state index in [4.69, 9.17) is 4.74 Å². The molecule has 0 aromatic carbocycles. The van der Waals surface area contributed by atoms with Gasteiger partial charge in [-0.05, 0) is 0 Å². The molecule has 0 radical (unpaired) electrons. The highest BCUT2D eigenvalue weighted by Gasteiger charge is 2.28. The van der Waals surface area contributed by atoms with E-state index in [-0.39, 0.29) is 0 Å². The molecule has 0 N–H and O–H groups in total. The van der Waals surface area contributed by atoms with Crippen LogP contribution >= 0.6 is 18.5 Å². The Hall–Kier alpha value is 0.820. The zero-order chi connectivity index (χ0) is 3.86. The summed E-state index contributed by atoms with van der Waals surface area (Å²) in [6.45, 7) is 0. The van der Waals surface area contributed by atoms with Gasteiger partial charge in [0, 0.05) is 0 Å². The average molecular weight is 108 g/mol. The number of hydrogen-bond acceptors (Lipinski definition) is 1. The molecule has 0 aromatic heterocycles. The van der Waals surface area contributed by atoms with Crippen molar-refractivity contribution in [2.45, 2.75) is 11.7 Å². The van der Waals surface area contributed by atoms with E-state index in [2.05, 4.69) is 18.5 Å². The highest BCUT2D eigenvalue weighted by molar-refractivity contribution is 7.24. The fraction of sp³-hybridized carbons (Fsp3) is 1.00. The first-order valence-electron chi connectivity index (χ1n) is 1.47. The van der Waals surface area contributed by atoms with Gasteiger partial charge in [-0.15, -0.1) is 18.5 Å². The minimum absolute atomic E-state index is 0.431. The molecule has 0 aromatic rings. The lowest BCUT2D eigenvalue weighted by molar-refractivity contribution is 0.446. The largest absolute Gasteiger partial charge is 0.361 e. The molecular formula is C2H6OP2. The van der Waals surface area contributed by atoms with Crippen molar-refractivity contribution in [2.24, 2.45) is 0 Å². The predicted molar refractivity (Wildman–Crippen MR) is 28.1 cm³/mol. The molecule has 0 spiro atoms. The molecule has 5 heavy (non-hydrogen) atoms. The van der Waals surface area contributed by atoms with E-state index in [0.717, 1.165) is 0 Å². The third kappa shape index (κ3) is 0.824. The highest BCUT2D eigenvalue weighted by Crippen LogP contribution is 2.32. The second-order valence-electron chi connectivity index (χ2n) is 1.07. The number of ether oxygens (including phenoxy) is 1. The van der Waals surface area contributed by atoms with Gasteiger partial charge in [-0.25, -0.2) is 0 Å². The van der Waals surface area contributed by atoms with Crippen LogP contribution in [0.4, 0.5) is 0 Å². The van der Waals surface area contributed by atoms with Crippen molar-refractivity contribution in [3.05, 3.63) is 0 Å². The minimum Gasteiger partial charge on any atom is -0.361 e. The summed E-state index contributed by atoms with van der Waals surface area (Å²) in [6.07, 6.45) is 0. The van der Waals surface area contributed by atoms with Crippen LogP contribution in [0.3, 0.4) is 0 Å². The van der Waals surface area contributed by atoms with Crippen molar-refractivity contribution < 1.29 is 4.74 Å². The summed E-state index contributed by atoms with van der Waals surface area (Å²) in [4.78, 5) is 0. The van der Waals surface area contributed by atoms with Crippen molar-refractivity contribution in [2.75, 3.05) is 0 Å². The maximum absolute atomic E-state index is 4.84. The van der Waals surface area contributed by atoms with E-state index < -0.39 is 0 Å². The summed E-state index contributed by atoms with van der Waals surface area (Å²) < 4.78 is 4.84. The van der Waals surface area contributed by atoms with Crippen LogP contribution in [0.15, 0.2) is 0 Å². The van der Waals surface area contributed by atoms with Crippen LogP contribution in [-0.4, -0.2) is 11.7 Å². The molecule has 30 valence electrons. The van der Waals surface area contributed by atoms with Gasteiger partial charge in [0.1, 0.15) is 11.7 Å². The van der Waals surface area contributed by atoms with Crippen LogP contribution in [0, 0.1) is 0 Å². The normalized spacial score (nSPS) is 49.2. The smallest absolute Gasteiger partial charge is 0.101 e. The SMILES string of the molecule is PC1OC1P. The molecule has 1 aliphatic rings. The van der Waals surface area contributed by atoms with Gasteiger partial charge >= 0.3 is 0 Å². The van der Waals surface area contributed by atoms with Crippen LogP contribution in [0.25, 0.3) is 0 Å². The summed E-state index contributed by atoms with van der Waals surface area (Å²) in [5.41, 5.74) is 0. The molecule has 1 fully saturated rings. The van der Waals surface area contributed by atoms with E-state index in [1.807, 2.05) is 0 Å². The van der Waals surface area contributed by atoms with Crippen LogP contribution < -0.4 is 0 Å². The molecular weight excluding hydrogens is 102 g/mol. The van der Waals surface area contributed by atoms with Gasteiger partial charge in [0.05, 0.1) is 0 Å². The van der Waals surface area contributed by atoms with Crippen LogP contribution in [-0.2, 0) is 4.74 Å². The lowest BCUT2D eigenvalue weighted by Gasteiger charge is -1.58. The minimum atomic E-state index is 0.431. The summed E-state index contributed by atoms with van der Waals surface area (Å²) >= 11 is 0. The molecule has 0 aliphatic carbocycles. The Morgan fingerprint density at radius 2 is 1.40 bits per heavy atom. The molecule has 3 heteroatoms. The molecule has 0 amide bonds. The Balaban J connectivity index is 2.20. The Kier molecular flexibility index (Phi) is 0.918. The number of epoxide rings is 1. The summed E-state index contributed by atoms with van der Waals surface area (Å²) in [6, 6.07) is 0. The first-order valence-corrected chi connectivity index (χ1v) is 2.80. The molecule has 0 saturated carbocycles. The van der Waals surface area contributed by atoms with Gasteiger partial charge in [0.25, 0.3) is 0 Å². The van der Waals surface area contributed by atoms with Crippen molar-refractivity contribution in [1.82, 2.24) is 0 Å². The van der Waals surface area contributed by atoms with E-state index >= 15 is 0 Å². The van der Waals surface area contributed by atoms with Crippen molar-refractivity contribution in [3.63, 3.8) is 0 Å². The highest BCUT2D eigenvalue weighted by atomic mass is 31.0. The third-order valence-corrected chi connectivity index (χ3v) is 2.08. The van der Waals surface area contributed by atoms with Gasteiger partial charge < -0.3 is 4.74 Å². The second kappa shape index (κ2) is 1.15. The van der Waals surface area contributed by atoms with Gasteiger partial charge in [0.2, 0.25) is 0 Å². The molecule has 4 unspecified atom stereocenters. The van der Waals surface area contributed by atoms with Gasteiger partial charge in [-0.3, -0.25) is 0 Å². The van der Waals surface area contributed by atoms with Crippen LogP contribution in [0.1, 0.15) is 0 Å². The first-order chi connectivity index (χ1) is 2.30. The second-order valence-corrected chi connectivity index (χ2v) is 2.38. The Bertz CT molecular complexity index is 40.9. The van der Waals surface area contributed by atoms with Crippen LogP contribution in [0.2, 0.25) is 0 Å². The van der Waals surface area contributed by atoms with E-state index in [0.29, 0.717) is 11.7 Å². The Labute approximate surface area is 35.9 Å². The zero-order valence-electron chi connectivity index (χ0n) is 2.72. The van der Waals surface area contributed by atoms with E-state index in [9.17, 15) is 0 Å². The summed E-state index contributed by atoms with van der Waals surface area (Å²) in [5.74, 6) is 0.861. The number of hydrogen-bond donors (Lipinski definition) is 0. The lowest BCUT2D eigenvalue weighted by Crippen LogP contribution is -1.61. The molecule has 4 atom stereocenters. The third-order valence-electron chi connectivity index (χ3n) is 0.561. The monoisotopic (exact) mass is 108 g/mol. The average Bonchev–Trinajstić information content (AvgIpc) is 1.79. The predicted octanol–water partition coefficient (Wildman–Crippen LogP) is 0.419. The maximum atomic E-state index is 4.84. The Morgan fingerprint density at radius 1 is 1.20 bits per heavy atom. The quantitative estimate of drug-likeness (QED) is 0.323. The van der Waals surface area contributed by atoms with Gasteiger partial charge in [-0.2, -0.15) is 0 Å². The first kappa shape index (κ1) is 3.99. The molecule has 0 bridgehead atoms. The molecule has 1 saturated heterocycles. The maximum Gasteiger partial charge on any atom is 0.101 e. The fourth-order valence-electron chi connectivity index (χ4n) is 0.136. The standard InChI is InChI=1S/C2H6OP2/c4-1-2(5)3-1/h1-2H,4-5H2. The molecule has 1 aliphatic heterocycles. The molecule has 1 rings (SSSR count). The summed E-state index contributed by atoms with van der Waals surface area (Å²) in [7, 11) is 5.13. The van der Waals surface area contributed by atoms with Crippen LogP contribution in [0.5, 0.6) is 0 Å². The topological polar surface area (TPSA) is 12.5 Å². The van der Waals surface area contributed by atoms with E-state index in [1.165, 1.54) is 0 Å². The molecule has 1 nitrogen and oxygen atoms in total. The van der Waals surface area contributed by atoms with E-state index in [1.54, 1.807) is 0 Å².